The molecule has 0 amide bonds. The fourth-order valence-corrected chi connectivity index (χ4v) is 3.17. The number of rotatable bonds is 6. The summed E-state index contributed by atoms with van der Waals surface area (Å²) < 4.78 is 34.8. The molecule has 0 aliphatic heterocycles. The lowest BCUT2D eigenvalue weighted by molar-refractivity contribution is -0.384. The molecule has 134 valence electrons. The highest BCUT2D eigenvalue weighted by Crippen LogP contribution is 2.31. The van der Waals surface area contributed by atoms with E-state index in [1.54, 1.807) is 30.4 Å². The molecule has 0 saturated heterocycles. The highest BCUT2D eigenvalue weighted by Gasteiger charge is 2.11. The molecular formula is C17H12F2N2O4S. The lowest BCUT2D eigenvalue weighted by Gasteiger charge is -2.10. The molecular weight excluding hydrogens is 366 g/mol. The number of aromatic nitrogens is 1. The van der Waals surface area contributed by atoms with E-state index in [0.29, 0.717) is 20.8 Å². The van der Waals surface area contributed by atoms with E-state index in [9.17, 15) is 18.9 Å². The Labute approximate surface area is 150 Å². The Morgan fingerprint density at radius 1 is 1.19 bits per heavy atom. The first kappa shape index (κ1) is 17.7. The van der Waals surface area contributed by atoms with Crippen LogP contribution >= 0.6 is 11.3 Å². The summed E-state index contributed by atoms with van der Waals surface area (Å²) in [5.74, 6) is 0.138. The number of alkyl halides is 2. The third-order valence-corrected chi connectivity index (χ3v) is 4.40. The molecule has 0 atom stereocenters. The SMILES string of the molecule is COc1cc(C=Cc2nc3ccc([N+](=O)[O-])cc3s2)ccc1OC(F)F. The zero-order valence-corrected chi connectivity index (χ0v) is 14.2. The number of benzene rings is 2. The van der Waals surface area contributed by atoms with Gasteiger partial charge in [-0.2, -0.15) is 8.78 Å². The first-order valence-corrected chi connectivity index (χ1v) is 8.14. The lowest BCUT2D eigenvalue weighted by Crippen LogP contribution is -2.03. The Hall–Kier alpha value is -3.07. The number of nitro benzene ring substituents is 1. The normalized spacial score (nSPS) is 11.4. The van der Waals surface area contributed by atoms with Crippen LogP contribution in [-0.2, 0) is 0 Å². The van der Waals surface area contributed by atoms with Gasteiger partial charge in [0.2, 0.25) is 0 Å². The second-order valence-electron chi connectivity index (χ2n) is 5.08. The molecule has 2 aromatic carbocycles. The van der Waals surface area contributed by atoms with Gasteiger partial charge in [-0.25, -0.2) is 4.98 Å². The summed E-state index contributed by atoms with van der Waals surface area (Å²) in [5, 5.41) is 11.5. The predicted molar refractivity (Wildman–Crippen MR) is 94.8 cm³/mol. The van der Waals surface area contributed by atoms with Crippen molar-refractivity contribution < 1.29 is 23.2 Å². The average molecular weight is 378 g/mol. The van der Waals surface area contributed by atoms with E-state index in [2.05, 4.69) is 9.72 Å². The van der Waals surface area contributed by atoms with Crippen molar-refractivity contribution in [3.8, 4) is 11.5 Å². The number of fused-ring (bicyclic) bond motifs is 1. The van der Waals surface area contributed by atoms with Gasteiger partial charge < -0.3 is 9.47 Å². The molecule has 1 heterocycles. The number of nitro groups is 1. The van der Waals surface area contributed by atoms with Gasteiger partial charge in [-0.1, -0.05) is 12.1 Å². The van der Waals surface area contributed by atoms with Crippen LogP contribution < -0.4 is 9.47 Å². The van der Waals surface area contributed by atoms with E-state index in [0.717, 1.165) is 0 Å². The van der Waals surface area contributed by atoms with Crippen LogP contribution in [0.1, 0.15) is 10.6 Å². The van der Waals surface area contributed by atoms with E-state index >= 15 is 0 Å². The number of ether oxygens (including phenoxy) is 2. The maximum absolute atomic E-state index is 12.3. The average Bonchev–Trinajstić information content (AvgIpc) is 3.02. The zero-order valence-electron chi connectivity index (χ0n) is 13.4. The van der Waals surface area contributed by atoms with Crippen molar-refractivity contribution in [1.29, 1.82) is 0 Å². The summed E-state index contributed by atoms with van der Waals surface area (Å²) in [6, 6.07) is 9.04. The van der Waals surface area contributed by atoms with Crippen LogP contribution in [-0.4, -0.2) is 23.6 Å². The van der Waals surface area contributed by atoms with Gasteiger partial charge in [0.25, 0.3) is 5.69 Å². The lowest BCUT2D eigenvalue weighted by atomic mass is 10.2. The van der Waals surface area contributed by atoms with Crippen LogP contribution in [0.4, 0.5) is 14.5 Å². The fraction of sp³-hybridized carbons (Fsp3) is 0.118. The van der Waals surface area contributed by atoms with Crippen molar-refractivity contribution in [2.75, 3.05) is 7.11 Å². The molecule has 9 heteroatoms. The second-order valence-corrected chi connectivity index (χ2v) is 6.15. The summed E-state index contributed by atoms with van der Waals surface area (Å²) in [5.41, 5.74) is 1.38. The number of hydrogen-bond donors (Lipinski definition) is 0. The molecule has 0 spiro atoms. The van der Waals surface area contributed by atoms with Gasteiger partial charge in [0, 0.05) is 12.1 Å². The Morgan fingerprint density at radius 2 is 2.00 bits per heavy atom. The molecule has 0 saturated carbocycles. The largest absolute Gasteiger partial charge is 0.493 e. The van der Waals surface area contributed by atoms with E-state index in [1.807, 2.05) is 0 Å². The molecule has 6 nitrogen and oxygen atoms in total. The standard InChI is InChI=1S/C17H12F2N2O4S/c1-24-14-8-10(2-6-13(14)25-17(18)19)3-7-16-20-12-5-4-11(21(22)23)9-15(12)26-16/h2-9,17H,1H3. The van der Waals surface area contributed by atoms with Gasteiger partial charge in [0.15, 0.2) is 11.5 Å². The van der Waals surface area contributed by atoms with E-state index < -0.39 is 11.5 Å². The number of nitrogens with zero attached hydrogens (tertiary/aromatic N) is 2. The Kier molecular flexibility index (Phi) is 5.08. The number of non-ortho nitro benzene ring substituents is 1. The van der Waals surface area contributed by atoms with Crippen LogP contribution in [0.5, 0.6) is 11.5 Å². The quantitative estimate of drug-likeness (QED) is 0.446. The first-order valence-electron chi connectivity index (χ1n) is 7.32. The molecule has 0 unspecified atom stereocenters. The fourth-order valence-electron chi connectivity index (χ4n) is 2.26. The zero-order chi connectivity index (χ0) is 18.7. The van der Waals surface area contributed by atoms with Crippen LogP contribution in [0.2, 0.25) is 0 Å². The Balaban J connectivity index is 1.85. The van der Waals surface area contributed by atoms with Gasteiger partial charge in [-0.15, -0.1) is 11.3 Å². The van der Waals surface area contributed by atoms with Crippen molar-refractivity contribution in [3.05, 3.63) is 57.1 Å². The summed E-state index contributed by atoms with van der Waals surface area (Å²) in [4.78, 5) is 14.8. The first-order chi connectivity index (χ1) is 12.5. The molecule has 0 radical (unpaired) electrons. The summed E-state index contributed by atoms with van der Waals surface area (Å²) in [6.45, 7) is -2.93. The van der Waals surface area contributed by atoms with Crippen LogP contribution in [0.25, 0.3) is 22.4 Å². The van der Waals surface area contributed by atoms with Crippen LogP contribution in [0.15, 0.2) is 36.4 Å². The molecule has 0 bridgehead atoms. The third kappa shape index (κ3) is 3.94. The topological polar surface area (TPSA) is 74.5 Å². The van der Waals surface area contributed by atoms with Crippen molar-refractivity contribution in [2.45, 2.75) is 6.61 Å². The van der Waals surface area contributed by atoms with Crippen molar-refractivity contribution in [2.24, 2.45) is 0 Å². The second kappa shape index (κ2) is 7.44. The number of halogens is 2. The molecule has 0 fully saturated rings. The monoisotopic (exact) mass is 378 g/mol. The van der Waals surface area contributed by atoms with Gasteiger partial charge in [-0.05, 0) is 29.8 Å². The minimum Gasteiger partial charge on any atom is -0.493 e. The van der Waals surface area contributed by atoms with E-state index in [-0.39, 0.29) is 17.2 Å². The van der Waals surface area contributed by atoms with Crippen LogP contribution in [0, 0.1) is 10.1 Å². The molecule has 0 aliphatic rings. The summed E-state index contributed by atoms with van der Waals surface area (Å²) >= 11 is 1.31. The molecule has 1 aromatic heterocycles. The van der Waals surface area contributed by atoms with Crippen molar-refractivity contribution in [1.82, 2.24) is 4.98 Å². The molecule has 3 rings (SSSR count). The van der Waals surface area contributed by atoms with Gasteiger partial charge in [0.05, 0.1) is 22.2 Å². The molecule has 3 aromatic rings. The van der Waals surface area contributed by atoms with Crippen LogP contribution in [0.3, 0.4) is 0 Å². The maximum Gasteiger partial charge on any atom is 0.387 e. The van der Waals surface area contributed by atoms with Crippen molar-refractivity contribution in [3.63, 3.8) is 0 Å². The predicted octanol–water partition coefficient (Wildman–Crippen LogP) is 4.98. The third-order valence-electron chi connectivity index (χ3n) is 3.42. The maximum atomic E-state index is 12.3. The summed E-state index contributed by atoms with van der Waals surface area (Å²) in [6.07, 6.45) is 3.47. The minimum atomic E-state index is -2.93. The van der Waals surface area contributed by atoms with E-state index in [4.69, 9.17) is 4.74 Å². The Morgan fingerprint density at radius 3 is 2.69 bits per heavy atom. The minimum absolute atomic E-state index is 0.0102. The number of methoxy groups -OCH3 is 1. The van der Waals surface area contributed by atoms with Gasteiger partial charge in [0.1, 0.15) is 5.01 Å². The number of hydrogen-bond acceptors (Lipinski definition) is 6. The molecule has 0 N–H and O–H groups in total. The molecule has 26 heavy (non-hydrogen) atoms. The van der Waals surface area contributed by atoms with Crippen molar-refractivity contribution >= 4 is 39.4 Å². The smallest absolute Gasteiger partial charge is 0.387 e. The van der Waals surface area contributed by atoms with Gasteiger partial charge in [-0.3, -0.25) is 10.1 Å². The highest BCUT2D eigenvalue weighted by molar-refractivity contribution is 7.19. The highest BCUT2D eigenvalue weighted by atomic mass is 32.1. The summed E-state index contributed by atoms with van der Waals surface area (Å²) in [7, 11) is 1.36. The van der Waals surface area contributed by atoms with Gasteiger partial charge >= 0.3 is 6.61 Å². The Bertz CT molecular complexity index is 988. The van der Waals surface area contributed by atoms with E-state index in [1.165, 1.54) is 36.6 Å². The number of thiazole rings is 1. The molecule has 0 aliphatic carbocycles.